The minimum absolute atomic E-state index is 0.169. The number of hydrogen-bond donors (Lipinski definition) is 1. The highest BCUT2D eigenvalue weighted by atomic mass is 32.1. The Kier molecular flexibility index (Phi) is 4.03. The van der Waals surface area contributed by atoms with Gasteiger partial charge in [0.2, 0.25) is 0 Å². The van der Waals surface area contributed by atoms with Gasteiger partial charge < -0.3 is 10.0 Å². The van der Waals surface area contributed by atoms with Gasteiger partial charge in [0.15, 0.2) is 0 Å². The van der Waals surface area contributed by atoms with Crippen molar-refractivity contribution >= 4 is 36.5 Å². The molecule has 2 atom stereocenters. The lowest BCUT2D eigenvalue weighted by atomic mass is 10.0. The molecule has 0 aliphatic carbocycles. The molecule has 1 aliphatic heterocycles. The summed E-state index contributed by atoms with van der Waals surface area (Å²) in [5, 5.41) is 11.4. The van der Waals surface area contributed by atoms with E-state index in [1.807, 2.05) is 49.6 Å². The predicted octanol–water partition coefficient (Wildman–Crippen LogP) is 1.44. The Morgan fingerprint density at radius 2 is 1.95 bits per heavy atom. The number of likely N-dealkylation sites (tertiary alicyclic amines) is 1. The first-order chi connectivity index (χ1) is 10.6. The number of thiophene rings is 1. The molecular formula is C16H16BNO3S. The Hall–Kier alpha value is -2.08. The average molecular weight is 313 g/mol. The van der Waals surface area contributed by atoms with Crippen LogP contribution in [0.4, 0.5) is 0 Å². The summed E-state index contributed by atoms with van der Waals surface area (Å²) in [7, 11) is 1.93. The molecule has 1 aromatic heterocycles. The minimum Gasteiger partial charge on any atom is -0.480 e. The fraction of sp³-hybridized carbons (Fsp3) is 0.250. The lowest BCUT2D eigenvalue weighted by Gasteiger charge is -2.28. The number of aliphatic carboxylic acids is 1. The maximum atomic E-state index is 12.8. The van der Waals surface area contributed by atoms with Crippen molar-refractivity contribution in [2.75, 3.05) is 0 Å². The zero-order valence-corrected chi connectivity index (χ0v) is 13.0. The second kappa shape index (κ2) is 5.97. The monoisotopic (exact) mass is 313 g/mol. The summed E-state index contributed by atoms with van der Waals surface area (Å²) in [4.78, 5) is 26.5. The smallest absolute Gasteiger partial charge is 0.326 e. The van der Waals surface area contributed by atoms with Crippen LogP contribution in [-0.4, -0.2) is 35.8 Å². The van der Waals surface area contributed by atoms with E-state index in [0.717, 1.165) is 11.0 Å². The maximum absolute atomic E-state index is 12.8. The molecule has 1 fully saturated rings. The summed E-state index contributed by atoms with van der Waals surface area (Å²) >= 11 is 1.37. The van der Waals surface area contributed by atoms with E-state index in [0.29, 0.717) is 17.7 Å². The van der Waals surface area contributed by atoms with Crippen molar-refractivity contribution in [3.8, 4) is 0 Å². The van der Waals surface area contributed by atoms with Crippen LogP contribution >= 0.6 is 11.3 Å². The average Bonchev–Trinajstić information content (AvgIpc) is 3.13. The number of carboxylic acids is 1. The SMILES string of the molecule is Bc1csc(C(=O)N2[C@@H](C(=O)O)CC[C@@H]2c2ccccc2)c1. The van der Waals surface area contributed by atoms with E-state index in [2.05, 4.69) is 0 Å². The second-order valence-corrected chi connectivity index (χ2v) is 6.47. The molecule has 2 aromatic rings. The first-order valence-corrected chi connectivity index (χ1v) is 8.11. The van der Waals surface area contributed by atoms with Crippen LogP contribution in [0.25, 0.3) is 0 Å². The summed E-state index contributed by atoms with van der Waals surface area (Å²) in [5.41, 5.74) is 2.02. The molecule has 0 saturated carbocycles. The Balaban J connectivity index is 1.97. The molecule has 0 spiro atoms. The number of rotatable bonds is 3. The van der Waals surface area contributed by atoms with E-state index in [1.54, 1.807) is 4.90 Å². The number of carbonyl (C=O) groups is 2. The largest absolute Gasteiger partial charge is 0.480 e. The highest BCUT2D eigenvalue weighted by molar-refractivity contribution is 7.13. The van der Waals surface area contributed by atoms with Gasteiger partial charge in [-0.1, -0.05) is 35.8 Å². The Morgan fingerprint density at radius 3 is 2.55 bits per heavy atom. The quantitative estimate of drug-likeness (QED) is 0.872. The van der Waals surface area contributed by atoms with Crippen molar-refractivity contribution in [3.05, 3.63) is 52.2 Å². The van der Waals surface area contributed by atoms with Crippen molar-refractivity contribution in [2.45, 2.75) is 24.9 Å². The molecule has 1 N–H and O–H groups in total. The van der Waals surface area contributed by atoms with Crippen LogP contribution < -0.4 is 5.46 Å². The fourth-order valence-electron chi connectivity index (χ4n) is 3.01. The van der Waals surface area contributed by atoms with E-state index in [-0.39, 0.29) is 11.9 Å². The molecule has 22 heavy (non-hydrogen) atoms. The molecule has 112 valence electrons. The Bertz CT molecular complexity index is 700. The number of benzene rings is 1. The number of carbonyl (C=O) groups excluding carboxylic acids is 1. The van der Waals surface area contributed by atoms with Crippen molar-refractivity contribution < 1.29 is 14.7 Å². The van der Waals surface area contributed by atoms with Crippen molar-refractivity contribution in [1.29, 1.82) is 0 Å². The third kappa shape index (κ3) is 2.66. The van der Waals surface area contributed by atoms with Gasteiger partial charge in [0.1, 0.15) is 13.9 Å². The van der Waals surface area contributed by atoms with Crippen LogP contribution in [0.3, 0.4) is 0 Å². The molecule has 4 nitrogen and oxygen atoms in total. The minimum atomic E-state index is -0.931. The predicted molar refractivity (Wildman–Crippen MR) is 88.5 cm³/mol. The van der Waals surface area contributed by atoms with Crippen molar-refractivity contribution in [1.82, 2.24) is 4.90 Å². The van der Waals surface area contributed by atoms with Crippen LogP contribution in [0.15, 0.2) is 41.8 Å². The zero-order valence-electron chi connectivity index (χ0n) is 12.2. The molecule has 6 heteroatoms. The van der Waals surface area contributed by atoms with Gasteiger partial charge in [-0.2, -0.15) is 0 Å². The van der Waals surface area contributed by atoms with E-state index < -0.39 is 12.0 Å². The van der Waals surface area contributed by atoms with Gasteiger partial charge in [-0.3, -0.25) is 4.79 Å². The lowest BCUT2D eigenvalue weighted by Crippen LogP contribution is -2.41. The van der Waals surface area contributed by atoms with Gasteiger partial charge in [0.25, 0.3) is 5.91 Å². The van der Waals surface area contributed by atoms with Crippen LogP contribution in [0, 0.1) is 0 Å². The molecule has 0 radical (unpaired) electrons. The Labute approximate surface area is 133 Å². The molecule has 3 rings (SSSR count). The summed E-state index contributed by atoms with van der Waals surface area (Å²) in [6.45, 7) is 0. The topological polar surface area (TPSA) is 57.6 Å². The van der Waals surface area contributed by atoms with Gasteiger partial charge >= 0.3 is 5.97 Å². The lowest BCUT2D eigenvalue weighted by molar-refractivity contribution is -0.141. The summed E-state index contributed by atoms with van der Waals surface area (Å²) in [6.07, 6.45) is 1.17. The van der Waals surface area contributed by atoms with Crippen LogP contribution in [-0.2, 0) is 4.79 Å². The highest BCUT2D eigenvalue weighted by Gasteiger charge is 2.42. The van der Waals surface area contributed by atoms with Crippen LogP contribution in [0.2, 0.25) is 0 Å². The van der Waals surface area contributed by atoms with E-state index in [1.165, 1.54) is 11.3 Å². The summed E-state index contributed by atoms with van der Waals surface area (Å²) in [6, 6.07) is 10.6. The summed E-state index contributed by atoms with van der Waals surface area (Å²) < 4.78 is 0. The van der Waals surface area contributed by atoms with Gasteiger partial charge in [-0.15, -0.1) is 11.3 Å². The van der Waals surface area contributed by atoms with E-state index in [9.17, 15) is 14.7 Å². The normalized spacial score (nSPS) is 21.0. The molecule has 1 aliphatic rings. The molecule has 0 bridgehead atoms. The fourth-order valence-corrected chi connectivity index (χ4v) is 3.85. The van der Waals surface area contributed by atoms with Gasteiger partial charge in [0.05, 0.1) is 10.9 Å². The number of amides is 1. The standard InChI is InChI=1S/C16H16BNO3S/c17-11-8-14(22-9-11)15(19)18-12(6-7-13(18)16(20)21)10-4-2-1-3-5-10/h1-5,8-9,12-13H,6-7,17H2,(H,20,21)/t12-,13-/m1/s1. The number of nitrogens with zero attached hydrogens (tertiary/aromatic N) is 1. The van der Waals surface area contributed by atoms with Crippen molar-refractivity contribution in [2.24, 2.45) is 0 Å². The maximum Gasteiger partial charge on any atom is 0.326 e. The highest BCUT2D eigenvalue weighted by Crippen LogP contribution is 2.37. The zero-order chi connectivity index (χ0) is 15.7. The molecule has 0 unspecified atom stereocenters. The molecule has 2 heterocycles. The third-order valence-electron chi connectivity index (χ3n) is 4.03. The first-order valence-electron chi connectivity index (χ1n) is 7.23. The van der Waals surface area contributed by atoms with Gasteiger partial charge in [-0.25, -0.2) is 4.79 Å². The molecule has 1 saturated heterocycles. The molecular weight excluding hydrogens is 297 g/mol. The van der Waals surface area contributed by atoms with E-state index in [4.69, 9.17) is 0 Å². The van der Waals surface area contributed by atoms with E-state index >= 15 is 0 Å². The Morgan fingerprint density at radius 1 is 1.23 bits per heavy atom. The second-order valence-electron chi connectivity index (χ2n) is 5.56. The van der Waals surface area contributed by atoms with Crippen LogP contribution in [0.1, 0.15) is 34.1 Å². The third-order valence-corrected chi connectivity index (χ3v) is 5.07. The van der Waals surface area contributed by atoms with Crippen LogP contribution in [0.5, 0.6) is 0 Å². The summed E-state index contributed by atoms with van der Waals surface area (Å²) in [5.74, 6) is -1.11. The van der Waals surface area contributed by atoms with Gasteiger partial charge in [0, 0.05) is 0 Å². The van der Waals surface area contributed by atoms with Gasteiger partial charge in [-0.05, 0) is 29.9 Å². The first kappa shape index (κ1) is 14.8. The van der Waals surface area contributed by atoms with Crippen molar-refractivity contribution in [3.63, 3.8) is 0 Å². The number of hydrogen-bond acceptors (Lipinski definition) is 3. The molecule has 1 aromatic carbocycles. The number of carboxylic acid groups (broad SMARTS) is 1. The molecule has 1 amide bonds.